The lowest BCUT2D eigenvalue weighted by Gasteiger charge is -2.22. The fourth-order valence-electron chi connectivity index (χ4n) is 2.91. The molecule has 1 atom stereocenters. The standard InChI is InChI=1S/C20H24NO3/c1-20(2,3)17-12-24-19(21-17)14-9-6-8-13(14)18-15(22-4)10-7-11-16(18)23-5/h6-11,17H,12H2,1-5H3/t17-/m1/s1. The van der Waals surface area contributed by atoms with Crippen molar-refractivity contribution < 1.29 is 14.2 Å². The molecule has 5 radical (unpaired) electrons. The van der Waals surface area contributed by atoms with Gasteiger partial charge in [-0.3, -0.25) is 0 Å². The number of benzene rings is 1. The van der Waals surface area contributed by atoms with E-state index in [1.807, 2.05) is 37.5 Å². The van der Waals surface area contributed by atoms with Crippen LogP contribution in [-0.4, -0.2) is 32.8 Å². The third-order valence-corrected chi connectivity index (χ3v) is 4.39. The summed E-state index contributed by atoms with van der Waals surface area (Å²) < 4.78 is 17.0. The highest BCUT2D eigenvalue weighted by Crippen LogP contribution is 2.47. The fraction of sp³-hybridized carbons (Fsp3) is 0.400. The van der Waals surface area contributed by atoms with Crippen LogP contribution in [0.15, 0.2) is 23.2 Å². The minimum Gasteiger partial charge on any atom is -0.496 e. The van der Waals surface area contributed by atoms with Crippen molar-refractivity contribution in [2.24, 2.45) is 10.4 Å². The molecule has 4 heteroatoms. The third kappa shape index (κ3) is 3.11. The molecule has 0 bridgehead atoms. The average Bonchev–Trinajstić information content (AvgIpc) is 3.21. The maximum absolute atomic E-state index is 5.91. The first-order valence-corrected chi connectivity index (χ1v) is 8.13. The van der Waals surface area contributed by atoms with E-state index in [-0.39, 0.29) is 11.5 Å². The van der Waals surface area contributed by atoms with E-state index >= 15 is 0 Å². The molecule has 1 fully saturated rings. The zero-order valence-electron chi connectivity index (χ0n) is 14.9. The second-order valence-electron chi connectivity index (χ2n) is 7.02. The van der Waals surface area contributed by atoms with Gasteiger partial charge in [-0.05, 0) is 36.8 Å². The lowest BCUT2D eigenvalue weighted by Crippen LogP contribution is -2.25. The predicted molar refractivity (Wildman–Crippen MR) is 94.7 cm³/mol. The van der Waals surface area contributed by atoms with Crippen molar-refractivity contribution in [1.82, 2.24) is 0 Å². The maximum atomic E-state index is 5.91. The van der Waals surface area contributed by atoms with Gasteiger partial charge in [0.15, 0.2) is 5.90 Å². The normalized spacial score (nSPS) is 22.4. The van der Waals surface area contributed by atoms with Crippen LogP contribution in [0.25, 0.3) is 0 Å². The highest BCUT2D eigenvalue weighted by molar-refractivity contribution is 6.00. The van der Waals surface area contributed by atoms with Crippen molar-refractivity contribution >= 4 is 5.90 Å². The van der Waals surface area contributed by atoms with Crippen LogP contribution < -0.4 is 9.47 Å². The van der Waals surface area contributed by atoms with Crippen LogP contribution in [0.1, 0.15) is 26.3 Å². The summed E-state index contributed by atoms with van der Waals surface area (Å²) in [6.07, 6.45) is 6.09. The molecule has 3 rings (SSSR count). The van der Waals surface area contributed by atoms with Gasteiger partial charge in [-0.15, -0.1) is 0 Å². The smallest absolute Gasteiger partial charge is 0.192 e. The number of aliphatic imine (C=N–C) groups is 1. The SMILES string of the molecule is COc1cccc(OC)c1[C]1[CH][CH][CH][C]1C1=N[C@@H](C(C)(C)C)CO1. The summed E-state index contributed by atoms with van der Waals surface area (Å²) in [4.78, 5) is 4.81. The Hall–Kier alpha value is -1.71. The first-order chi connectivity index (χ1) is 11.5. The highest BCUT2D eigenvalue weighted by Gasteiger charge is 2.42. The number of hydrogen-bond donors (Lipinski definition) is 0. The van der Waals surface area contributed by atoms with E-state index in [1.54, 1.807) is 14.2 Å². The molecule has 1 aliphatic carbocycles. The van der Waals surface area contributed by atoms with Gasteiger partial charge in [0.05, 0.1) is 26.2 Å². The first kappa shape index (κ1) is 17.1. The average molecular weight is 326 g/mol. The largest absolute Gasteiger partial charge is 0.496 e. The molecule has 0 amide bonds. The number of ether oxygens (including phenoxy) is 3. The third-order valence-electron chi connectivity index (χ3n) is 4.39. The van der Waals surface area contributed by atoms with Crippen molar-refractivity contribution in [2.45, 2.75) is 26.8 Å². The predicted octanol–water partition coefficient (Wildman–Crippen LogP) is 3.67. The molecule has 0 N–H and O–H groups in total. The fourth-order valence-corrected chi connectivity index (χ4v) is 2.91. The van der Waals surface area contributed by atoms with Gasteiger partial charge in [0.2, 0.25) is 0 Å². The van der Waals surface area contributed by atoms with Gasteiger partial charge < -0.3 is 14.2 Å². The number of hydrogen-bond acceptors (Lipinski definition) is 4. The molecule has 127 valence electrons. The summed E-state index contributed by atoms with van der Waals surface area (Å²) in [6, 6.07) is 5.95. The zero-order chi connectivity index (χ0) is 17.3. The zero-order valence-corrected chi connectivity index (χ0v) is 14.9. The van der Waals surface area contributed by atoms with Crippen LogP contribution in [0.5, 0.6) is 11.5 Å². The van der Waals surface area contributed by atoms with Crippen molar-refractivity contribution in [3.63, 3.8) is 0 Å². The van der Waals surface area contributed by atoms with Gasteiger partial charge in [0.1, 0.15) is 18.1 Å². The topological polar surface area (TPSA) is 40.0 Å². The molecule has 1 aromatic carbocycles. The van der Waals surface area contributed by atoms with Gasteiger partial charge >= 0.3 is 0 Å². The monoisotopic (exact) mass is 326 g/mol. The van der Waals surface area contributed by atoms with Gasteiger partial charge in [-0.1, -0.05) is 26.8 Å². The summed E-state index contributed by atoms with van der Waals surface area (Å²) in [5.41, 5.74) is 1.00. The summed E-state index contributed by atoms with van der Waals surface area (Å²) in [5.74, 6) is 4.23. The van der Waals surface area contributed by atoms with Crippen molar-refractivity contribution in [3.8, 4) is 11.5 Å². The molecule has 24 heavy (non-hydrogen) atoms. The van der Waals surface area contributed by atoms with Crippen LogP contribution in [0.3, 0.4) is 0 Å². The number of nitrogens with zero attached hydrogens (tertiary/aromatic N) is 1. The molecule has 2 aliphatic rings. The highest BCUT2D eigenvalue weighted by atomic mass is 16.5. The van der Waals surface area contributed by atoms with Gasteiger partial charge in [0, 0.05) is 11.5 Å². The quantitative estimate of drug-likeness (QED) is 0.847. The summed E-state index contributed by atoms with van der Waals surface area (Å²) >= 11 is 0. The van der Waals surface area contributed by atoms with Crippen LogP contribution in [0.2, 0.25) is 0 Å². The molecule has 0 saturated heterocycles. The Morgan fingerprint density at radius 1 is 1.04 bits per heavy atom. The minimum absolute atomic E-state index is 0.0800. The Labute approximate surface area is 145 Å². The van der Waals surface area contributed by atoms with Crippen molar-refractivity contribution in [2.75, 3.05) is 20.8 Å². The molecular weight excluding hydrogens is 302 g/mol. The number of methoxy groups -OCH3 is 2. The molecule has 1 saturated carbocycles. The maximum Gasteiger partial charge on any atom is 0.192 e. The van der Waals surface area contributed by atoms with E-state index in [2.05, 4.69) is 20.8 Å². The van der Waals surface area contributed by atoms with Crippen LogP contribution in [0.4, 0.5) is 0 Å². The Kier molecular flexibility index (Phi) is 4.75. The van der Waals surface area contributed by atoms with E-state index in [1.165, 1.54) is 0 Å². The molecule has 0 unspecified atom stereocenters. The van der Waals surface area contributed by atoms with E-state index in [0.29, 0.717) is 12.5 Å². The van der Waals surface area contributed by atoms with Gasteiger partial charge in [-0.25, -0.2) is 4.99 Å². The van der Waals surface area contributed by atoms with Crippen LogP contribution >= 0.6 is 0 Å². The second-order valence-corrected chi connectivity index (χ2v) is 7.02. The summed E-state index contributed by atoms with van der Waals surface area (Å²) in [6.45, 7) is 7.17. The van der Waals surface area contributed by atoms with E-state index in [0.717, 1.165) is 28.9 Å². The van der Waals surface area contributed by atoms with E-state index < -0.39 is 0 Å². The Bertz CT molecular complexity index is 596. The van der Waals surface area contributed by atoms with Crippen molar-refractivity contribution in [1.29, 1.82) is 0 Å². The van der Waals surface area contributed by atoms with E-state index in [4.69, 9.17) is 19.2 Å². The van der Waals surface area contributed by atoms with E-state index in [9.17, 15) is 0 Å². The molecule has 1 aliphatic heterocycles. The Morgan fingerprint density at radius 3 is 2.21 bits per heavy atom. The minimum atomic E-state index is 0.0800. The van der Waals surface area contributed by atoms with Gasteiger partial charge in [-0.2, -0.15) is 0 Å². The summed E-state index contributed by atoms with van der Waals surface area (Å²) in [5, 5.41) is 0. The lowest BCUT2D eigenvalue weighted by molar-refractivity contribution is 0.234. The van der Waals surface area contributed by atoms with Crippen molar-refractivity contribution in [3.05, 3.63) is 54.9 Å². The van der Waals surface area contributed by atoms with Gasteiger partial charge in [0.25, 0.3) is 0 Å². The first-order valence-electron chi connectivity index (χ1n) is 8.13. The Balaban J connectivity index is 1.93. The van der Waals surface area contributed by atoms with Crippen LogP contribution in [-0.2, 0) is 4.74 Å². The molecule has 1 heterocycles. The molecule has 0 aromatic heterocycles. The molecule has 0 spiro atoms. The van der Waals surface area contributed by atoms with Crippen LogP contribution in [0, 0.1) is 36.5 Å². The Morgan fingerprint density at radius 2 is 1.67 bits per heavy atom. The number of rotatable bonds is 4. The molecule has 1 aromatic rings. The molecule has 4 nitrogen and oxygen atoms in total. The molecular formula is C20H24NO3. The second kappa shape index (κ2) is 6.66. The lowest BCUT2D eigenvalue weighted by atomic mass is 9.86. The summed E-state index contributed by atoms with van der Waals surface area (Å²) in [7, 11) is 3.33.